The molecule has 2 aromatic rings. The van der Waals surface area contributed by atoms with Gasteiger partial charge in [0, 0.05) is 13.1 Å². The molecule has 0 saturated heterocycles. The summed E-state index contributed by atoms with van der Waals surface area (Å²) in [6.45, 7) is 2.59. The van der Waals surface area contributed by atoms with Crippen LogP contribution in [0.5, 0.6) is 0 Å². The molecule has 0 unspecified atom stereocenters. The van der Waals surface area contributed by atoms with E-state index in [4.69, 9.17) is 0 Å². The van der Waals surface area contributed by atoms with Gasteiger partial charge >= 0.3 is 6.03 Å². The summed E-state index contributed by atoms with van der Waals surface area (Å²) < 4.78 is 13.7. The molecular weight excluding hydrogens is 321 g/mol. The number of carbonyl (C=O) groups is 2. The topological polar surface area (TPSA) is 70.2 Å². The minimum atomic E-state index is -0.699. The Balaban J connectivity index is 2.03. The Kier molecular flexibility index (Phi) is 7.10. The average Bonchev–Trinajstić information content (AvgIpc) is 2.61. The first-order valence-corrected chi connectivity index (χ1v) is 8.22. The summed E-state index contributed by atoms with van der Waals surface area (Å²) in [4.78, 5) is 24.0. The Morgan fingerprint density at radius 1 is 1.04 bits per heavy atom. The second kappa shape index (κ2) is 9.54. The first kappa shape index (κ1) is 18.6. The van der Waals surface area contributed by atoms with Crippen LogP contribution < -0.4 is 16.0 Å². The van der Waals surface area contributed by atoms with Crippen LogP contribution in [0.3, 0.4) is 0 Å². The van der Waals surface area contributed by atoms with Crippen molar-refractivity contribution >= 4 is 11.9 Å². The molecule has 1 atom stereocenters. The van der Waals surface area contributed by atoms with Crippen LogP contribution in [0, 0.1) is 5.82 Å². The second-order valence-electron chi connectivity index (χ2n) is 5.49. The van der Waals surface area contributed by atoms with Gasteiger partial charge in [0.05, 0.1) is 0 Å². The summed E-state index contributed by atoms with van der Waals surface area (Å²) in [6, 6.07) is 14.4. The number of benzene rings is 2. The van der Waals surface area contributed by atoms with E-state index in [2.05, 4.69) is 16.0 Å². The van der Waals surface area contributed by atoms with Crippen LogP contribution in [0.25, 0.3) is 0 Å². The molecule has 0 aliphatic heterocycles. The Hall–Kier alpha value is -2.73. The Morgan fingerprint density at radius 2 is 1.72 bits per heavy atom. The van der Waals surface area contributed by atoms with Crippen LogP contribution in [0.4, 0.5) is 9.18 Å². The lowest BCUT2D eigenvalue weighted by Crippen LogP contribution is -2.45. The third kappa shape index (κ3) is 5.69. The molecule has 132 valence electrons. The minimum absolute atomic E-state index is 0.271. The molecule has 5 nitrogen and oxygen atoms in total. The SMILES string of the molecule is CCNC(=O)NC(=O)[C@H](NCCc1ccccc1F)c1ccccc1. The molecule has 0 saturated carbocycles. The number of nitrogens with one attached hydrogen (secondary N) is 3. The van der Waals surface area contributed by atoms with E-state index in [0.29, 0.717) is 25.1 Å². The summed E-state index contributed by atoms with van der Waals surface area (Å²) >= 11 is 0. The van der Waals surface area contributed by atoms with E-state index in [1.807, 2.05) is 18.2 Å². The van der Waals surface area contributed by atoms with Gasteiger partial charge in [-0.2, -0.15) is 0 Å². The highest BCUT2D eigenvalue weighted by Gasteiger charge is 2.21. The zero-order valence-electron chi connectivity index (χ0n) is 14.1. The molecule has 0 spiro atoms. The van der Waals surface area contributed by atoms with E-state index in [1.165, 1.54) is 6.07 Å². The van der Waals surface area contributed by atoms with Gasteiger partial charge in [0.15, 0.2) is 0 Å². The smallest absolute Gasteiger partial charge is 0.321 e. The van der Waals surface area contributed by atoms with Crippen LogP contribution >= 0.6 is 0 Å². The van der Waals surface area contributed by atoms with Crippen molar-refractivity contribution < 1.29 is 14.0 Å². The first-order valence-electron chi connectivity index (χ1n) is 8.22. The Labute approximate surface area is 146 Å². The highest BCUT2D eigenvalue weighted by Crippen LogP contribution is 2.13. The molecule has 2 aromatic carbocycles. The maximum absolute atomic E-state index is 13.7. The monoisotopic (exact) mass is 343 g/mol. The van der Waals surface area contributed by atoms with Crippen molar-refractivity contribution in [2.24, 2.45) is 0 Å². The molecule has 0 heterocycles. The number of rotatable bonds is 7. The van der Waals surface area contributed by atoms with Crippen LogP contribution in [0.2, 0.25) is 0 Å². The van der Waals surface area contributed by atoms with Gasteiger partial charge in [-0.25, -0.2) is 9.18 Å². The second-order valence-corrected chi connectivity index (χ2v) is 5.49. The number of imide groups is 1. The fraction of sp³-hybridized carbons (Fsp3) is 0.263. The van der Waals surface area contributed by atoms with Crippen LogP contribution in [0.15, 0.2) is 54.6 Å². The number of amides is 3. The van der Waals surface area contributed by atoms with Gasteiger partial charge in [-0.15, -0.1) is 0 Å². The van der Waals surface area contributed by atoms with Gasteiger partial charge in [0.1, 0.15) is 11.9 Å². The van der Waals surface area contributed by atoms with Crippen molar-refractivity contribution in [2.75, 3.05) is 13.1 Å². The molecule has 0 fully saturated rings. The number of carbonyl (C=O) groups excluding carboxylic acids is 2. The molecule has 0 bridgehead atoms. The van der Waals surface area contributed by atoms with Crippen LogP contribution in [-0.4, -0.2) is 25.0 Å². The quantitative estimate of drug-likeness (QED) is 0.724. The van der Waals surface area contributed by atoms with Crippen molar-refractivity contribution in [3.63, 3.8) is 0 Å². The van der Waals surface area contributed by atoms with Crippen molar-refractivity contribution in [1.29, 1.82) is 0 Å². The van der Waals surface area contributed by atoms with Gasteiger partial charge in [0.2, 0.25) is 5.91 Å². The standard InChI is InChI=1S/C19H22FN3O2/c1-2-21-19(25)23-18(24)17(15-9-4-3-5-10-15)22-13-12-14-8-6-7-11-16(14)20/h3-11,17,22H,2,12-13H2,1H3,(H2,21,23,24,25)/t17-/m1/s1. The molecule has 0 aromatic heterocycles. The van der Waals surface area contributed by atoms with E-state index in [9.17, 15) is 14.0 Å². The normalized spacial score (nSPS) is 11.6. The molecule has 0 aliphatic carbocycles. The Bertz CT molecular complexity index is 707. The van der Waals surface area contributed by atoms with Crippen molar-refractivity contribution in [1.82, 2.24) is 16.0 Å². The number of hydrogen-bond donors (Lipinski definition) is 3. The van der Waals surface area contributed by atoms with Crippen molar-refractivity contribution in [3.8, 4) is 0 Å². The maximum Gasteiger partial charge on any atom is 0.321 e. The fourth-order valence-electron chi connectivity index (χ4n) is 2.45. The van der Waals surface area contributed by atoms with E-state index in [-0.39, 0.29) is 5.82 Å². The van der Waals surface area contributed by atoms with Gasteiger partial charge < -0.3 is 10.6 Å². The summed E-state index contributed by atoms with van der Waals surface area (Å²) in [5.41, 5.74) is 1.31. The molecular formula is C19H22FN3O2. The summed E-state index contributed by atoms with van der Waals surface area (Å²) in [5, 5.41) is 7.94. The van der Waals surface area contributed by atoms with Gasteiger partial charge in [-0.3, -0.25) is 10.1 Å². The lowest BCUT2D eigenvalue weighted by molar-refractivity contribution is -0.122. The van der Waals surface area contributed by atoms with Crippen molar-refractivity contribution in [2.45, 2.75) is 19.4 Å². The van der Waals surface area contributed by atoms with Crippen LogP contribution in [0.1, 0.15) is 24.1 Å². The minimum Gasteiger partial charge on any atom is -0.338 e. The molecule has 25 heavy (non-hydrogen) atoms. The van der Waals surface area contributed by atoms with Gasteiger partial charge in [-0.1, -0.05) is 48.5 Å². The van der Waals surface area contributed by atoms with E-state index in [0.717, 1.165) is 5.56 Å². The fourth-order valence-corrected chi connectivity index (χ4v) is 2.45. The first-order chi connectivity index (χ1) is 12.1. The molecule has 6 heteroatoms. The number of urea groups is 1. The predicted molar refractivity (Wildman–Crippen MR) is 94.5 cm³/mol. The zero-order valence-corrected chi connectivity index (χ0v) is 14.1. The molecule has 0 radical (unpaired) electrons. The lowest BCUT2D eigenvalue weighted by Gasteiger charge is -2.18. The molecule has 3 N–H and O–H groups in total. The molecule has 2 rings (SSSR count). The Morgan fingerprint density at radius 3 is 2.40 bits per heavy atom. The summed E-state index contributed by atoms with van der Waals surface area (Å²) in [6.07, 6.45) is 0.435. The van der Waals surface area contributed by atoms with E-state index in [1.54, 1.807) is 37.3 Å². The molecule has 3 amide bonds. The van der Waals surface area contributed by atoms with Gasteiger partial charge in [0.25, 0.3) is 0 Å². The number of halogens is 1. The molecule has 0 aliphatic rings. The van der Waals surface area contributed by atoms with Crippen molar-refractivity contribution in [3.05, 3.63) is 71.5 Å². The summed E-state index contributed by atoms with van der Waals surface area (Å²) in [5.74, 6) is -0.724. The largest absolute Gasteiger partial charge is 0.338 e. The highest BCUT2D eigenvalue weighted by molar-refractivity contribution is 5.97. The third-order valence-electron chi connectivity index (χ3n) is 3.67. The van der Waals surface area contributed by atoms with E-state index >= 15 is 0 Å². The van der Waals surface area contributed by atoms with Gasteiger partial charge in [-0.05, 0) is 30.5 Å². The number of hydrogen-bond acceptors (Lipinski definition) is 3. The maximum atomic E-state index is 13.7. The predicted octanol–water partition coefficient (Wildman–Crippen LogP) is 2.54. The highest BCUT2D eigenvalue weighted by atomic mass is 19.1. The lowest BCUT2D eigenvalue weighted by atomic mass is 10.1. The third-order valence-corrected chi connectivity index (χ3v) is 3.67. The summed E-state index contributed by atoms with van der Waals surface area (Å²) in [7, 11) is 0. The zero-order chi connectivity index (χ0) is 18.1. The average molecular weight is 343 g/mol. The van der Waals surface area contributed by atoms with E-state index < -0.39 is 18.0 Å². The van der Waals surface area contributed by atoms with Crippen LogP contribution in [-0.2, 0) is 11.2 Å².